The van der Waals surface area contributed by atoms with Gasteiger partial charge < -0.3 is 14.6 Å². The first-order valence-electron chi connectivity index (χ1n) is 13.3. The summed E-state index contributed by atoms with van der Waals surface area (Å²) in [6, 6.07) is 19.4. The number of aliphatic hydroxyl groups excluding tert-OH is 1. The normalized spacial score (nSPS) is 17.0. The Morgan fingerprint density at radius 2 is 1.62 bits per heavy atom. The Kier molecular flexibility index (Phi) is 7.38. The lowest BCUT2D eigenvalue weighted by Crippen LogP contribution is -2.29. The number of rotatable bonds is 7. The van der Waals surface area contributed by atoms with E-state index in [1.807, 2.05) is 56.3 Å². The molecule has 0 spiro atoms. The molecule has 1 saturated heterocycles. The van der Waals surface area contributed by atoms with Crippen LogP contribution in [0.4, 0.5) is 5.13 Å². The number of aromatic nitrogens is 1. The minimum atomic E-state index is -0.864. The fourth-order valence-electron chi connectivity index (χ4n) is 4.82. The molecule has 1 aliphatic rings. The van der Waals surface area contributed by atoms with Crippen LogP contribution >= 0.6 is 11.3 Å². The Balaban J connectivity index is 1.68. The Morgan fingerprint density at radius 1 is 0.950 bits per heavy atom. The van der Waals surface area contributed by atoms with Crippen LogP contribution in [0.2, 0.25) is 0 Å². The second kappa shape index (κ2) is 10.8. The number of benzene rings is 3. The average molecular weight is 557 g/mol. The number of fused-ring (bicyclic) bond motifs is 1. The summed E-state index contributed by atoms with van der Waals surface area (Å²) in [5, 5.41) is 11.9. The molecule has 1 aromatic heterocycles. The lowest BCUT2D eigenvalue weighted by molar-refractivity contribution is -0.132. The first-order valence-corrected chi connectivity index (χ1v) is 14.1. The van der Waals surface area contributed by atoms with Crippen LogP contribution in [-0.4, -0.2) is 35.0 Å². The SMILES string of the molecule is CCOc1cccc(/C(O)=C2\C(=O)C(=O)N(c3nc4ccc(OCC)cc4s3)C2c2ccc(C(C)(C)C)cc2)c1. The first-order chi connectivity index (χ1) is 19.1. The molecule has 0 saturated carbocycles. The molecular formula is C32H32N2O5S. The number of hydrogen-bond donors (Lipinski definition) is 1. The molecule has 1 amide bonds. The number of Topliss-reactive ketones (excluding diaryl/α,β-unsaturated/α-hetero) is 1. The first kappa shape index (κ1) is 27.4. The lowest BCUT2D eigenvalue weighted by atomic mass is 9.85. The Labute approximate surface area is 237 Å². The van der Waals surface area contributed by atoms with E-state index in [0.717, 1.165) is 10.3 Å². The van der Waals surface area contributed by atoms with Crippen LogP contribution in [0.5, 0.6) is 11.5 Å². The maximum Gasteiger partial charge on any atom is 0.301 e. The van der Waals surface area contributed by atoms with Gasteiger partial charge in [-0.2, -0.15) is 0 Å². The second-order valence-corrected chi connectivity index (χ2v) is 11.6. The van der Waals surface area contributed by atoms with Crippen molar-refractivity contribution >= 4 is 44.1 Å². The number of carbonyl (C=O) groups excluding carboxylic acids is 2. The third-order valence-corrected chi connectivity index (χ3v) is 7.84. The van der Waals surface area contributed by atoms with Gasteiger partial charge in [-0.15, -0.1) is 0 Å². The predicted octanol–water partition coefficient (Wildman–Crippen LogP) is 7.02. The Morgan fingerprint density at radius 3 is 2.27 bits per heavy atom. The summed E-state index contributed by atoms with van der Waals surface area (Å²) in [7, 11) is 0. The fourth-order valence-corrected chi connectivity index (χ4v) is 5.84. The van der Waals surface area contributed by atoms with Crippen LogP contribution < -0.4 is 14.4 Å². The molecule has 1 atom stereocenters. The van der Waals surface area contributed by atoms with Crippen molar-refractivity contribution in [3.05, 3.63) is 89.0 Å². The van der Waals surface area contributed by atoms with E-state index in [9.17, 15) is 14.7 Å². The quantitative estimate of drug-likeness (QED) is 0.150. The van der Waals surface area contributed by atoms with Gasteiger partial charge in [0.2, 0.25) is 0 Å². The molecule has 8 heteroatoms. The van der Waals surface area contributed by atoms with E-state index in [4.69, 9.17) is 14.5 Å². The van der Waals surface area contributed by atoms with Crippen molar-refractivity contribution in [2.45, 2.75) is 46.1 Å². The van der Waals surface area contributed by atoms with E-state index in [1.54, 1.807) is 24.3 Å². The zero-order chi connectivity index (χ0) is 28.6. The summed E-state index contributed by atoms with van der Waals surface area (Å²) in [4.78, 5) is 33.3. The number of ketones is 1. The highest BCUT2D eigenvalue weighted by Crippen LogP contribution is 2.45. The van der Waals surface area contributed by atoms with E-state index in [2.05, 4.69) is 20.8 Å². The van der Waals surface area contributed by atoms with Gasteiger partial charge in [0.15, 0.2) is 5.13 Å². The summed E-state index contributed by atoms with van der Waals surface area (Å²) in [5.74, 6) is -0.499. The largest absolute Gasteiger partial charge is 0.507 e. The number of hydrogen-bond acceptors (Lipinski definition) is 7. The lowest BCUT2D eigenvalue weighted by Gasteiger charge is -2.24. The van der Waals surface area contributed by atoms with Gasteiger partial charge in [0.25, 0.3) is 5.78 Å². The average Bonchev–Trinajstić information content (AvgIpc) is 3.46. The zero-order valence-electron chi connectivity index (χ0n) is 23.2. The number of thiazole rings is 1. The molecular weight excluding hydrogens is 524 g/mol. The van der Waals surface area contributed by atoms with Crippen molar-refractivity contribution in [1.29, 1.82) is 0 Å². The maximum atomic E-state index is 13.6. The van der Waals surface area contributed by atoms with Gasteiger partial charge in [-0.1, -0.05) is 68.5 Å². The van der Waals surface area contributed by atoms with Crippen molar-refractivity contribution in [1.82, 2.24) is 4.98 Å². The highest BCUT2D eigenvalue weighted by molar-refractivity contribution is 7.22. The zero-order valence-corrected chi connectivity index (χ0v) is 24.0. The van der Waals surface area contributed by atoms with Gasteiger partial charge in [-0.25, -0.2) is 4.98 Å². The molecule has 7 nitrogen and oxygen atoms in total. The van der Waals surface area contributed by atoms with Gasteiger partial charge >= 0.3 is 5.91 Å². The van der Waals surface area contributed by atoms with Crippen molar-refractivity contribution in [2.24, 2.45) is 0 Å². The number of nitrogens with zero attached hydrogens (tertiary/aromatic N) is 2. The summed E-state index contributed by atoms with van der Waals surface area (Å²) in [6.45, 7) is 11.1. The molecule has 1 N–H and O–H groups in total. The van der Waals surface area contributed by atoms with Gasteiger partial charge in [0.05, 0.1) is 35.0 Å². The van der Waals surface area contributed by atoms with Gasteiger partial charge in [-0.3, -0.25) is 14.5 Å². The van der Waals surface area contributed by atoms with Crippen LogP contribution in [0.25, 0.3) is 16.0 Å². The van der Waals surface area contributed by atoms with E-state index in [0.29, 0.717) is 46.5 Å². The highest BCUT2D eigenvalue weighted by Gasteiger charge is 2.48. The molecule has 1 aliphatic heterocycles. The molecule has 4 aromatic rings. The molecule has 1 unspecified atom stereocenters. The molecule has 5 rings (SSSR count). The summed E-state index contributed by atoms with van der Waals surface area (Å²) in [6.07, 6.45) is 0. The van der Waals surface area contributed by atoms with Crippen LogP contribution in [0.15, 0.2) is 72.3 Å². The third-order valence-electron chi connectivity index (χ3n) is 6.82. The van der Waals surface area contributed by atoms with Crippen molar-refractivity contribution in [2.75, 3.05) is 18.1 Å². The molecule has 1 fully saturated rings. The highest BCUT2D eigenvalue weighted by atomic mass is 32.1. The minimum Gasteiger partial charge on any atom is -0.507 e. The van der Waals surface area contributed by atoms with E-state index < -0.39 is 17.7 Å². The van der Waals surface area contributed by atoms with Crippen LogP contribution in [0.1, 0.15) is 57.4 Å². The standard InChI is InChI=1S/C32H32N2O5S/c1-6-38-22-10-8-9-20(17-22)28(35)26-27(19-11-13-21(14-12-19)32(3,4)5)34(30(37)29(26)36)31-33-24-16-15-23(39-7-2)18-25(24)40-31/h8-18,27,35H,6-7H2,1-5H3/b28-26+. The van der Waals surface area contributed by atoms with Gasteiger partial charge in [0.1, 0.15) is 17.3 Å². The smallest absolute Gasteiger partial charge is 0.301 e. The molecule has 2 heterocycles. The number of carbonyl (C=O) groups is 2. The predicted molar refractivity (Wildman–Crippen MR) is 158 cm³/mol. The van der Waals surface area contributed by atoms with E-state index in [-0.39, 0.29) is 16.7 Å². The molecule has 0 radical (unpaired) electrons. The molecule has 206 valence electrons. The van der Waals surface area contributed by atoms with Gasteiger partial charge in [0, 0.05) is 5.56 Å². The summed E-state index contributed by atoms with van der Waals surface area (Å²) in [5.41, 5.74) is 2.83. The monoisotopic (exact) mass is 556 g/mol. The molecule has 0 aliphatic carbocycles. The topological polar surface area (TPSA) is 89.0 Å². The maximum absolute atomic E-state index is 13.6. The van der Waals surface area contributed by atoms with Gasteiger partial charge in [-0.05, 0) is 60.7 Å². The van der Waals surface area contributed by atoms with E-state index >= 15 is 0 Å². The Bertz CT molecular complexity index is 1610. The van der Waals surface area contributed by atoms with Crippen LogP contribution in [0.3, 0.4) is 0 Å². The van der Waals surface area contributed by atoms with Crippen LogP contribution in [-0.2, 0) is 15.0 Å². The third kappa shape index (κ3) is 5.07. The summed E-state index contributed by atoms with van der Waals surface area (Å²) >= 11 is 1.30. The number of ether oxygens (including phenoxy) is 2. The van der Waals surface area contributed by atoms with Crippen LogP contribution in [0, 0.1) is 0 Å². The number of aliphatic hydroxyl groups is 1. The van der Waals surface area contributed by atoms with Crippen molar-refractivity contribution in [3.8, 4) is 11.5 Å². The van der Waals surface area contributed by atoms with Crippen molar-refractivity contribution in [3.63, 3.8) is 0 Å². The minimum absolute atomic E-state index is 0.0106. The number of anilines is 1. The summed E-state index contributed by atoms with van der Waals surface area (Å²) < 4.78 is 12.1. The van der Waals surface area contributed by atoms with E-state index in [1.165, 1.54) is 16.2 Å². The molecule has 0 bridgehead atoms. The van der Waals surface area contributed by atoms with Crippen molar-refractivity contribution < 1.29 is 24.2 Å². The number of amides is 1. The second-order valence-electron chi connectivity index (χ2n) is 10.6. The molecule has 3 aromatic carbocycles. The Hall–Kier alpha value is -4.17. The fraction of sp³-hybridized carbons (Fsp3) is 0.281. The molecule has 40 heavy (non-hydrogen) atoms.